The zero-order chi connectivity index (χ0) is 18.9. The first kappa shape index (κ1) is 18.6. The lowest BCUT2D eigenvalue weighted by Crippen LogP contribution is -2.40. The summed E-state index contributed by atoms with van der Waals surface area (Å²) in [5.74, 6) is -1.33. The van der Waals surface area contributed by atoms with Gasteiger partial charge in [0.1, 0.15) is 21.5 Å². The van der Waals surface area contributed by atoms with Crippen molar-refractivity contribution in [2.45, 2.75) is 38.5 Å². The molecule has 0 aromatic heterocycles. The summed E-state index contributed by atoms with van der Waals surface area (Å²) in [4.78, 5) is 11.6. The maximum absolute atomic E-state index is 14.3. The van der Waals surface area contributed by atoms with Crippen LogP contribution in [0.2, 0.25) is 0 Å². The molecule has 0 radical (unpaired) electrons. The number of benzene rings is 2. The number of thioether (sulfide) groups is 1. The number of hydrogen-bond donors (Lipinski definition) is 0. The van der Waals surface area contributed by atoms with Gasteiger partial charge in [-0.15, -0.1) is 0 Å². The summed E-state index contributed by atoms with van der Waals surface area (Å²) in [6.45, 7) is 5.45. The van der Waals surface area contributed by atoms with E-state index in [9.17, 15) is 13.6 Å². The summed E-state index contributed by atoms with van der Waals surface area (Å²) in [5.41, 5.74) is 2.06. The van der Waals surface area contributed by atoms with Crippen LogP contribution in [0.1, 0.15) is 43.4 Å². The maximum Gasteiger partial charge on any atom is 0.241 e. The van der Waals surface area contributed by atoms with Crippen molar-refractivity contribution in [2.24, 2.45) is 5.10 Å². The molecule has 0 fully saturated rings. The van der Waals surface area contributed by atoms with Crippen molar-refractivity contribution in [1.29, 1.82) is 0 Å². The fourth-order valence-corrected chi connectivity index (χ4v) is 4.91. The van der Waals surface area contributed by atoms with Crippen molar-refractivity contribution < 1.29 is 13.6 Å². The van der Waals surface area contributed by atoms with Gasteiger partial charge in [0.15, 0.2) is 0 Å². The van der Waals surface area contributed by atoms with Crippen molar-refractivity contribution in [2.75, 3.05) is 0 Å². The minimum atomic E-state index is -0.764. The average Bonchev–Trinajstić information content (AvgIpc) is 2.98. The highest BCUT2D eigenvalue weighted by molar-refractivity contribution is 8.15. The van der Waals surface area contributed by atoms with Crippen LogP contribution in [0.15, 0.2) is 47.6 Å². The summed E-state index contributed by atoms with van der Waals surface area (Å²) < 4.78 is 28.0. The number of rotatable bonds is 4. The summed E-state index contributed by atoms with van der Waals surface area (Å²) in [5, 5.41) is 6.14. The van der Waals surface area contributed by atoms with Crippen molar-refractivity contribution in [1.82, 2.24) is 5.01 Å². The molecule has 1 amide bonds. The van der Waals surface area contributed by atoms with Crippen LogP contribution in [0.5, 0.6) is 0 Å². The van der Waals surface area contributed by atoms with Gasteiger partial charge in [-0.25, -0.2) is 13.8 Å². The molecule has 0 saturated carbocycles. The van der Waals surface area contributed by atoms with Gasteiger partial charge in [-0.3, -0.25) is 4.79 Å². The lowest BCUT2D eigenvalue weighted by molar-refractivity contribution is -0.132. The van der Waals surface area contributed by atoms with Gasteiger partial charge < -0.3 is 0 Å². The van der Waals surface area contributed by atoms with Gasteiger partial charge in [-0.1, -0.05) is 49.4 Å². The maximum atomic E-state index is 14.3. The van der Waals surface area contributed by atoms with E-state index in [-0.39, 0.29) is 11.5 Å². The topological polar surface area (TPSA) is 32.7 Å². The fraction of sp³-hybridized carbons (Fsp3) is 0.300. The van der Waals surface area contributed by atoms with Crippen LogP contribution < -0.4 is 0 Å². The Kier molecular flexibility index (Phi) is 5.14. The molecule has 1 heterocycles. The molecule has 136 valence electrons. The van der Waals surface area contributed by atoms with E-state index in [1.165, 1.54) is 23.7 Å². The third-order valence-electron chi connectivity index (χ3n) is 4.41. The molecule has 3 rings (SSSR count). The fourth-order valence-electron chi connectivity index (χ4n) is 3.30. The van der Waals surface area contributed by atoms with Gasteiger partial charge in [-0.05, 0) is 42.7 Å². The second-order valence-corrected chi connectivity index (χ2v) is 7.58. The van der Waals surface area contributed by atoms with Crippen molar-refractivity contribution in [3.05, 3.63) is 70.8 Å². The monoisotopic (exact) mass is 374 g/mol. The van der Waals surface area contributed by atoms with Crippen LogP contribution in [-0.2, 0) is 9.67 Å². The van der Waals surface area contributed by atoms with Crippen molar-refractivity contribution in [3.8, 4) is 0 Å². The third-order valence-corrected chi connectivity index (χ3v) is 5.84. The van der Waals surface area contributed by atoms with Crippen molar-refractivity contribution in [3.63, 3.8) is 0 Å². The highest BCUT2D eigenvalue weighted by Gasteiger charge is 2.48. The minimum absolute atomic E-state index is 0.0767. The van der Waals surface area contributed by atoms with E-state index in [2.05, 4.69) is 5.10 Å². The predicted molar refractivity (Wildman–Crippen MR) is 101 cm³/mol. The van der Waals surface area contributed by atoms with E-state index < -0.39 is 16.5 Å². The van der Waals surface area contributed by atoms with Crippen LogP contribution in [0.4, 0.5) is 8.78 Å². The molecule has 1 aliphatic rings. The largest absolute Gasteiger partial charge is 0.273 e. The minimum Gasteiger partial charge on any atom is -0.273 e. The Morgan fingerprint density at radius 1 is 1.23 bits per heavy atom. The molecule has 0 unspecified atom stereocenters. The van der Waals surface area contributed by atoms with Crippen LogP contribution in [0, 0.1) is 18.6 Å². The number of amides is 1. The van der Waals surface area contributed by atoms with Gasteiger partial charge in [0.05, 0.1) is 0 Å². The van der Waals surface area contributed by atoms with E-state index in [0.29, 0.717) is 11.5 Å². The van der Waals surface area contributed by atoms with Crippen LogP contribution in [0.3, 0.4) is 0 Å². The van der Waals surface area contributed by atoms with E-state index in [4.69, 9.17) is 0 Å². The van der Waals surface area contributed by atoms with E-state index in [1.807, 2.05) is 38.1 Å². The molecule has 0 saturated heterocycles. The van der Waals surface area contributed by atoms with E-state index in [1.54, 1.807) is 0 Å². The number of aryl methyl sites for hydroxylation is 1. The van der Waals surface area contributed by atoms with Crippen LogP contribution >= 0.6 is 11.8 Å². The quantitative estimate of drug-likeness (QED) is 0.738. The first-order valence-electron chi connectivity index (χ1n) is 8.49. The highest BCUT2D eigenvalue weighted by atomic mass is 32.2. The molecule has 3 nitrogen and oxygen atoms in total. The number of halogens is 2. The number of carbonyl (C=O) groups excluding carboxylic acids is 1. The zero-order valence-electron chi connectivity index (χ0n) is 14.9. The first-order chi connectivity index (χ1) is 12.4. The molecule has 0 aliphatic carbocycles. The molecule has 6 heteroatoms. The zero-order valence-corrected chi connectivity index (χ0v) is 15.7. The molecular weight excluding hydrogens is 354 g/mol. The number of carbonyl (C=O) groups is 1. The van der Waals surface area contributed by atoms with E-state index >= 15 is 0 Å². The molecule has 1 atom stereocenters. The summed E-state index contributed by atoms with van der Waals surface area (Å²) in [6, 6.07) is 11.1. The summed E-state index contributed by atoms with van der Waals surface area (Å²) in [7, 11) is 0. The molecule has 0 spiro atoms. The molecular formula is C20H20F2N2OS. The van der Waals surface area contributed by atoms with Gasteiger partial charge in [0, 0.05) is 12.5 Å². The number of nitrogens with zero attached hydrogens (tertiary/aromatic N) is 2. The lowest BCUT2D eigenvalue weighted by atomic mass is 9.96. The SMILES string of the molecule is CCC[C@@]1(c2ccccc2C)SC(c2cc(F)ccc2F)=NN1C(C)=O. The standard InChI is InChI=1S/C20H20F2N2OS/c1-4-11-20(17-8-6-5-7-13(17)2)24(14(3)25)23-19(26-20)16-12-15(21)9-10-18(16)22/h5-10,12H,4,11H2,1-3H3/t20-/m0/s1. The predicted octanol–water partition coefficient (Wildman–Crippen LogP) is 5.18. The summed E-state index contributed by atoms with van der Waals surface area (Å²) >= 11 is 1.31. The number of hydrazone groups is 1. The first-order valence-corrected chi connectivity index (χ1v) is 9.30. The van der Waals surface area contributed by atoms with E-state index in [0.717, 1.165) is 35.7 Å². The lowest BCUT2D eigenvalue weighted by Gasteiger charge is -2.36. The Labute approximate surface area is 156 Å². The Bertz CT molecular complexity index is 884. The molecule has 2 aromatic carbocycles. The Hall–Kier alpha value is -2.21. The Morgan fingerprint density at radius 3 is 2.62 bits per heavy atom. The molecule has 1 aliphatic heterocycles. The average molecular weight is 374 g/mol. The molecule has 26 heavy (non-hydrogen) atoms. The van der Waals surface area contributed by atoms with Crippen LogP contribution in [-0.4, -0.2) is 16.0 Å². The second kappa shape index (κ2) is 7.19. The normalized spacial score (nSPS) is 19.6. The van der Waals surface area contributed by atoms with Crippen molar-refractivity contribution >= 4 is 22.7 Å². The Balaban J connectivity index is 2.16. The highest BCUT2D eigenvalue weighted by Crippen LogP contribution is 2.51. The molecule has 2 aromatic rings. The van der Waals surface area contributed by atoms with Gasteiger partial charge in [-0.2, -0.15) is 5.10 Å². The van der Waals surface area contributed by atoms with Gasteiger partial charge >= 0.3 is 0 Å². The summed E-state index contributed by atoms with van der Waals surface area (Å²) in [6.07, 6.45) is 1.45. The number of hydrogen-bond acceptors (Lipinski definition) is 3. The van der Waals surface area contributed by atoms with Crippen LogP contribution in [0.25, 0.3) is 0 Å². The molecule has 0 bridgehead atoms. The van der Waals surface area contributed by atoms with Gasteiger partial charge in [0.25, 0.3) is 0 Å². The van der Waals surface area contributed by atoms with Gasteiger partial charge in [0.2, 0.25) is 5.91 Å². The Morgan fingerprint density at radius 2 is 1.96 bits per heavy atom. The third kappa shape index (κ3) is 3.14. The molecule has 0 N–H and O–H groups in total. The smallest absolute Gasteiger partial charge is 0.241 e. The second-order valence-electron chi connectivity index (χ2n) is 6.31.